The second kappa shape index (κ2) is 6.87. The van der Waals surface area contributed by atoms with Gasteiger partial charge in [-0.05, 0) is 25.5 Å². The molecule has 1 aliphatic heterocycles. The molecule has 0 aliphatic carbocycles. The first kappa shape index (κ1) is 15.6. The Kier molecular flexibility index (Phi) is 4.66. The van der Waals surface area contributed by atoms with Crippen molar-refractivity contribution in [1.29, 1.82) is 0 Å². The van der Waals surface area contributed by atoms with Gasteiger partial charge in [0.1, 0.15) is 11.6 Å². The van der Waals surface area contributed by atoms with Gasteiger partial charge < -0.3 is 9.88 Å². The van der Waals surface area contributed by atoms with E-state index < -0.39 is 0 Å². The maximum Gasteiger partial charge on any atom is 0.217 e. The van der Waals surface area contributed by atoms with E-state index in [2.05, 4.69) is 25.2 Å². The van der Waals surface area contributed by atoms with E-state index in [1.54, 1.807) is 6.20 Å². The van der Waals surface area contributed by atoms with Gasteiger partial charge in [0.05, 0.1) is 24.8 Å². The maximum absolute atomic E-state index is 11.0. The van der Waals surface area contributed by atoms with Crippen molar-refractivity contribution < 1.29 is 4.79 Å². The van der Waals surface area contributed by atoms with Crippen molar-refractivity contribution >= 4 is 5.91 Å². The summed E-state index contributed by atoms with van der Waals surface area (Å²) in [5.74, 6) is 1.83. The van der Waals surface area contributed by atoms with Crippen molar-refractivity contribution in [3.63, 3.8) is 0 Å². The Labute approximate surface area is 135 Å². The second-order valence-corrected chi connectivity index (χ2v) is 5.90. The minimum Gasteiger partial charge on any atom is -0.351 e. The van der Waals surface area contributed by atoms with Crippen LogP contribution in [0.4, 0.5) is 0 Å². The van der Waals surface area contributed by atoms with E-state index in [-0.39, 0.29) is 11.9 Å². The summed E-state index contributed by atoms with van der Waals surface area (Å²) < 4.78 is 2.05. The zero-order valence-corrected chi connectivity index (χ0v) is 13.6. The molecule has 23 heavy (non-hydrogen) atoms. The number of hydrogen-bond donors (Lipinski definition) is 1. The molecule has 122 valence electrons. The van der Waals surface area contributed by atoms with Crippen LogP contribution in [0.1, 0.15) is 43.1 Å². The summed E-state index contributed by atoms with van der Waals surface area (Å²) in [4.78, 5) is 26.9. The summed E-state index contributed by atoms with van der Waals surface area (Å²) in [6, 6.07) is 2.06. The van der Waals surface area contributed by atoms with Gasteiger partial charge in [0.25, 0.3) is 0 Å². The highest BCUT2D eigenvalue weighted by atomic mass is 16.1. The number of aryl methyl sites for hydroxylation is 1. The van der Waals surface area contributed by atoms with Gasteiger partial charge in [0, 0.05) is 32.6 Å². The fraction of sp³-hybridized carbons (Fsp3) is 0.500. The number of nitrogens with one attached hydrogen (secondary N) is 1. The van der Waals surface area contributed by atoms with Gasteiger partial charge in [0.15, 0.2) is 0 Å². The molecule has 7 nitrogen and oxygen atoms in total. The van der Waals surface area contributed by atoms with Gasteiger partial charge in [0.2, 0.25) is 5.91 Å². The lowest BCUT2D eigenvalue weighted by Crippen LogP contribution is -2.26. The van der Waals surface area contributed by atoms with Crippen molar-refractivity contribution in [2.75, 3.05) is 6.54 Å². The molecule has 1 saturated heterocycles. The number of amides is 1. The van der Waals surface area contributed by atoms with Crippen LogP contribution >= 0.6 is 0 Å². The molecule has 7 heteroatoms. The average Bonchev–Trinajstić information content (AvgIpc) is 3.16. The molecule has 3 heterocycles. The van der Waals surface area contributed by atoms with Crippen molar-refractivity contribution in [1.82, 2.24) is 29.7 Å². The van der Waals surface area contributed by atoms with Gasteiger partial charge in [-0.2, -0.15) is 0 Å². The molecule has 0 unspecified atom stereocenters. The number of carbonyl (C=O) groups is 1. The van der Waals surface area contributed by atoms with E-state index in [4.69, 9.17) is 0 Å². The lowest BCUT2D eigenvalue weighted by atomic mass is 10.2. The number of hydrogen-bond acceptors (Lipinski definition) is 5. The van der Waals surface area contributed by atoms with Crippen LogP contribution in [0, 0.1) is 0 Å². The van der Waals surface area contributed by atoms with E-state index in [1.165, 1.54) is 6.92 Å². The number of aromatic nitrogens is 4. The first-order valence-corrected chi connectivity index (χ1v) is 7.90. The van der Waals surface area contributed by atoms with E-state index >= 15 is 0 Å². The molecule has 1 amide bonds. The lowest BCUT2D eigenvalue weighted by Gasteiger charge is -2.23. The first-order chi connectivity index (χ1) is 11.1. The topological polar surface area (TPSA) is 75.9 Å². The third-order valence-electron chi connectivity index (χ3n) is 4.18. The van der Waals surface area contributed by atoms with Gasteiger partial charge in [-0.3, -0.25) is 9.69 Å². The Balaban J connectivity index is 1.73. The SMILES string of the molecule is CC(=O)NCc1ccnc([C@H]2CCCN2Cc2nccn2C)n1. The molecule has 0 aromatic carbocycles. The monoisotopic (exact) mass is 314 g/mol. The lowest BCUT2D eigenvalue weighted by molar-refractivity contribution is -0.119. The third kappa shape index (κ3) is 3.73. The Morgan fingerprint density at radius 1 is 1.39 bits per heavy atom. The number of carbonyl (C=O) groups excluding carboxylic acids is 1. The number of rotatable bonds is 5. The third-order valence-corrected chi connectivity index (χ3v) is 4.18. The van der Waals surface area contributed by atoms with Crippen molar-refractivity contribution in [2.24, 2.45) is 7.05 Å². The van der Waals surface area contributed by atoms with Crippen LogP contribution in [-0.4, -0.2) is 36.9 Å². The molecule has 1 fully saturated rings. The Morgan fingerprint density at radius 3 is 3.00 bits per heavy atom. The summed E-state index contributed by atoms with van der Waals surface area (Å²) in [5, 5.41) is 2.78. The Hall–Kier alpha value is -2.28. The largest absolute Gasteiger partial charge is 0.351 e. The van der Waals surface area contributed by atoms with Crippen LogP contribution in [0.25, 0.3) is 0 Å². The molecule has 2 aromatic heterocycles. The quantitative estimate of drug-likeness (QED) is 0.897. The van der Waals surface area contributed by atoms with Crippen LogP contribution < -0.4 is 5.32 Å². The average molecular weight is 314 g/mol. The predicted molar refractivity (Wildman–Crippen MR) is 85.1 cm³/mol. The molecule has 0 saturated carbocycles. The van der Waals surface area contributed by atoms with E-state index in [0.29, 0.717) is 6.54 Å². The zero-order chi connectivity index (χ0) is 16.2. The summed E-state index contributed by atoms with van der Waals surface area (Å²) in [5.41, 5.74) is 0.842. The molecular weight excluding hydrogens is 292 g/mol. The zero-order valence-electron chi connectivity index (χ0n) is 13.6. The molecule has 0 radical (unpaired) electrons. The smallest absolute Gasteiger partial charge is 0.217 e. The normalized spacial score (nSPS) is 18.3. The summed E-state index contributed by atoms with van der Waals surface area (Å²) in [6.45, 7) is 3.77. The van der Waals surface area contributed by atoms with Crippen LogP contribution in [0.5, 0.6) is 0 Å². The van der Waals surface area contributed by atoms with Crippen LogP contribution in [0.15, 0.2) is 24.7 Å². The Morgan fingerprint density at radius 2 is 2.26 bits per heavy atom. The van der Waals surface area contributed by atoms with Crippen LogP contribution in [0.3, 0.4) is 0 Å². The summed E-state index contributed by atoms with van der Waals surface area (Å²) >= 11 is 0. The van der Waals surface area contributed by atoms with Crippen molar-refractivity contribution in [3.8, 4) is 0 Å². The van der Waals surface area contributed by atoms with E-state index in [1.807, 2.05) is 30.1 Å². The first-order valence-electron chi connectivity index (χ1n) is 7.90. The van der Waals surface area contributed by atoms with Crippen LogP contribution in [0.2, 0.25) is 0 Å². The highest BCUT2D eigenvalue weighted by molar-refractivity contribution is 5.72. The highest BCUT2D eigenvalue weighted by Crippen LogP contribution is 2.30. The fourth-order valence-corrected chi connectivity index (χ4v) is 2.93. The molecule has 2 aromatic rings. The molecular formula is C16H22N6O. The number of nitrogens with zero attached hydrogens (tertiary/aromatic N) is 5. The number of imidazole rings is 1. The van der Waals surface area contributed by atoms with Crippen molar-refractivity contribution in [3.05, 3.63) is 42.0 Å². The molecule has 0 spiro atoms. The summed E-state index contributed by atoms with van der Waals surface area (Å²) in [7, 11) is 2.01. The van der Waals surface area contributed by atoms with Gasteiger partial charge in [-0.25, -0.2) is 15.0 Å². The number of likely N-dealkylation sites (tertiary alicyclic amines) is 1. The van der Waals surface area contributed by atoms with Crippen molar-refractivity contribution in [2.45, 2.75) is 38.9 Å². The standard InChI is InChI=1S/C16H22N6O/c1-12(23)19-10-13-5-6-18-16(20-13)14-4-3-8-22(14)11-15-17-7-9-21(15)2/h5-7,9,14H,3-4,8,10-11H2,1-2H3,(H,19,23)/t14-/m1/s1. The minimum absolute atomic E-state index is 0.0533. The van der Waals surface area contributed by atoms with Gasteiger partial charge in [-0.15, -0.1) is 0 Å². The molecule has 3 rings (SSSR count). The highest BCUT2D eigenvalue weighted by Gasteiger charge is 2.29. The molecule has 1 aliphatic rings. The minimum atomic E-state index is -0.0533. The molecule has 1 N–H and O–H groups in total. The maximum atomic E-state index is 11.0. The fourth-order valence-electron chi connectivity index (χ4n) is 2.93. The predicted octanol–water partition coefficient (Wildman–Crippen LogP) is 1.18. The summed E-state index contributed by atoms with van der Waals surface area (Å²) in [6.07, 6.45) is 7.75. The molecule has 0 bridgehead atoms. The van der Waals surface area contributed by atoms with Gasteiger partial charge >= 0.3 is 0 Å². The Bertz CT molecular complexity index is 683. The second-order valence-electron chi connectivity index (χ2n) is 5.90. The van der Waals surface area contributed by atoms with E-state index in [0.717, 1.165) is 43.3 Å². The van der Waals surface area contributed by atoms with Crippen LogP contribution in [-0.2, 0) is 24.9 Å². The van der Waals surface area contributed by atoms with Gasteiger partial charge in [-0.1, -0.05) is 0 Å². The van der Waals surface area contributed by atoms with E-state index in [9.17, 15) is 4.79 Å². The molecule has 1 atom stereocenters.